The summed E-state index contributed by atoms with van der Waals surface area (Å²) in [5.41, 5.74) is 0.204. The van der Waals surface area contributed by atoms with Gasteiger partial charge in [0.1, 0.15) is 5.39 Å². The molecule has 1 aliphatic carbocycles. The molecule has 0 radical (unpaired) electrons. The fraction of sp³-hybridized carbons (Fsp3) is 0.526. The lowest BCUT2D eigenvalue weighted by Gasteiger charge is -2.28. The van der Waals surface area contributed by atoms with Gasteiger partial charge in [0.15, 0.2) is 5.65 Å². The number of rotatable bonds is 1. The third-order valence-electron chi connectivity index (χ3n) is 5.09. The number of aromatic nitrogens is 4. The molecular formula is C19H23N7O3. The van der Waals surface area contributed by atoms with Gasteiger partial charge in [0, 0.05) is 52.1 Å². The number of H-pyrrole nitrogens is 1. The van der Waals surface area contributed by atoms with Crippen LogP contribution in [0, 0.1) is 17.8 Å². The molecule has 3 heterocycles. The summed E-state index contributed by atoms with van der Waals surface area (Å²) in [5.74, 6) is 6.01. The molecule has 0 atom stereocenters. The van der Waals surface area contributed by atoms with Crippen molar-refractivity contribution in [3.8, 4) is 11.8 Å². The van der Waals surface area contributed by atoms with Crippen molar-refractivity contribution in [3.05, 3.63) is 16.6 Å². The van der Waals surface area contributed by atoms with E-state index >= 15 is 0 Å². The highest BCUT2D eigenvalue weighted by molar-refractivity contribution is 5.94. The minimum Gasteiger partial charge on any atom is -0.354 e. The molecule has 2 fully saturated rings. The summed E-state index contributed by atoms with van der Waals surface area (Å²) in [4.78, 5) is 47.7. The summed E-state index contributed by atoms with van der Waals surface area (Å²) in [5, 5.41) is 7.33. The van der Waals surface area contributed by atoms with E-state index in [0.29, 0.717) is 55.6 Å². The van der Waals surface area contributed by atoms with Crippen LogP contribution in [-0.4, -0.2) is 69.2 Å². The first-order chi connectivity index (χ1) is 14.0. The van der Waals surface area contributed by atoms with Crippen LogP contribution in [0.4, 0.5) is 5.95 Å². The summed E-state index contributed by atoms with van der Waals surface area (Å²) in [6.45, 7) is 2.02. The van der Waals surface area contributed by atoms with Crippen LogP contribution in [0.5, 0.6) is 0 Å². The van der Waals surface area contributed by atoms with Crippen LogP contribution >= 0.6 is 0 Å². The number of amides is 2. The quantitative estimate of drug-likeness (QED) is 0.610. The second kappa shape index (κ2) is 7.95. The highest BCUT2D eigenvalue weighted by Crippen LogP contribution is 2.27. The smallest absolute Gasteiger partial charge is 0.298 e. The zero-order chi connectivity index (χ0) is 20.4. The third kappa shape index (κ3) is 4.39. The van der Waals surface area contributed by atoms with Crippen molar-refractivity contribution in [1.82, 2.24) is 30.0 Å². The van der Waals surface area contributed by atoms with Crippen molar-refractivity contribution in [3.63, 3.8) is 0 Å². The van der Waals surface area contributed by atoms with E-state index < -0.39 is 0 Å². The second-order valence-corrected chi connectivity index (χ2v) is 7.32. The Labute approximate surface area is 167 Å². The molecule has 10 heteroatoms. The fourth-order valence-corrected chi connectivity index (χ4v) is 3.18. The van der Waals surface area contributed by atoms with Gasteiger partial charge in [-0.15, -0.1) is 0 Å². The Morgan fingerprint density at radius 1 is 1.21 bits per heavy atom. The van der Waals surface area contributed by atoms with Crippen LogP contribution in [-0.2, 0) is 16.6 Å². The molecule has 0 spiro atoms. The third-order valence-corrected chi connectivity index (χ3v) is 5.09. The zero-order valence-electron chi connectivity index (χ0n) is 16.3. The Kier molecular flexibility index (Phi) is 5.20. The van der Waals surface area contributed by atoms with E-state index in [9.17, 15) is 14.4 Å². The van der Waals surface area contributed by atoms with Gasteiger partial charge in [0.2, 0.25) is 11.9 Å². The maximum Gasteiger partial charge on any atom is 0.298 e. The molecule has 2 amide bonds. The maximum absolute atomic E-state index is 12.5. The van der Waals surface area contributed by atoms with Crippen molar-refractivity contribution < 1.29 is 9.59 Å². The van der Waals surface area contributed by atoms with Gasteiger partial charge in [-0.05, 0) is 18.8 Å². The lowest BCUT2D eigenvalue weighted by atomic mass is 10.3. The molecule has 1 aliphatic heterocycles. The first-order valence-corrected chi connectivity index (χ1v) is 9.75. The molecule has 0 aromatic carbocycles. The lowest BCUT2D eigenvalue weighted by Crippen LogP contribution is -2.45. The summed E-state index contributed by atoms with van der Waals surface area (Å²) in [7, 11) is 1.72. The van der Waals surface area contributed by atoms with Crippen LogP contribution in [0.15, 0.2) is 11.0 Å². The fourth-order valence-electron chi connectivity index (χ4n) is 3.18. The number of carbonyl (C=O) groups excluding carboxylic acids is 2. The van der Waals surface area contributed by atoms with Gasteiger partial charge in [-0.1, -0.05) is 5.92 Å². The number of fused-ring (bicyclic) bond motifs is 1. The van der Waals surface area contributed by atoms with Crippen LogP contribution < -0.4 is 15.8 Å². The van der Waals surface area contributed by atoms with Gasteiger partial charge in [-0.25, -0.2) is 0 Å². The summed E-state index contributed by atoms with van der Waals surface area (Å²) in [6, 6.07) is 0. The normalized spacial score (nSPS) is 18.2. The van der Waals surface area contributed by atoms with Crippen LogP contribution in [0.2, 0.25) is 0 Å². The highest BCUT2D eigenvalue weighted by Gasteiger charge is 2.21. The van der Waals surface area contributed by atoms with E-state index in [1.807, 2.05) is 4.90 Å². The number of anilines is 1. The number of nitrogens with one attached hydrogen (secondary N) is 2. The number of nitrogens with zero attached hydrogens (tertiary/aromatic N) is 5. The lowest BCUT2D eigenvalue weighted by molar-refractivity contribution is -0.126. The van der Waals surface area contributed by atoms with E-state index in [1.165, 1.54) is 6.20 Å². The predicted molar refractivity (Wildman–Crippen MR) is 106 cm³/mol. The van der Waals surface area contributed by atoms with E-state index in [-0.39, 0.29) is 23.8 Å². The number of aryl methyl sites for hydroxylation is 1. The zero-order valence-corrected chi connectivity index (χ0v) is 16.3. The Bertz CT molecular complexity index is 1060. The molecule has 1 saturated carbocycles. The van der Waals surface area contributed by atoms with Crippen molar-refractivity contribution in [2.24, 2.45) is 13.0 Å². The maximum atomic E-state index is 12.5. The summed E-state index contributed by atoms with van der Waals surface area (Å²) in [6.07, 6.45) is 3.82. The van der Waals surface area contributed by atoms with Crippen molar-refractivity contribution in [2.75, 3.05) is 37.6 Å². The number of aromatic amines is 1. The van der Waals surface area contributed by atoms with E-state index in [0.717, 1.165) is 12.8 Å². The minimum atomic E-state index is -0.275. The molecule has 0 unspecified atom stereocenters. The molecule has 152 valence electrons. The average molecular weight is 397 g/mol. The van der Waals surface area contributed by atoms with Gasteiger partial charge in [0.05, 0.1) is 6.20 Å². The van der Waals surface area contributed by atoms with E-state index in [1.54, 1.807) is 16.6 Å². The Balaban J connectivity index is 1.57. The van der Waals surface area contributed by atoms with Gasteiger partial charge >= 0.3 is 0 Å². The van der Waals surface area contributed by atoms with Gasteiger partial charge in [-0.3, -0.25) is 24.0 Å². The standard InChI is InChI=1S/C19H23N7O3/c1-24-17-14(12-21-24)18(29)23-19(22-17)26-9-7-20-15(27)6-8-25(10-11-26)16(28)5-4-13-2-3-13/h12-13H,2-3,6-11H2,1H3,(H,20,27)(H,22,23,29). The Morgan fingerprint density at radius 3 is 2.83 bits per heavy atom. The van der Waals surface area contributed by atoms with Crippen LogP contribution in [0.1, 0.15) is 19.3 Å². The highest BCUT2D eigenvalue weighted by atomic mass is 16.2. The van der Waals surface area contributed by atoms with Gasteiger partial charge in [0.25, 0.3) is 11.5 Å². The number of carbonyl (C=O) groups is 2. The topological polar surface area (TPSA) is 116 Å². The molecular weight excluding hydrogens is 374 g/mol. The molecule has 1 saturated heterocycles. The number of hydrogen-bond acceptors (Lipinski definition) is 6. The first kappa shape index (κ1) is 19.0. The molecule has 10 nitrogen and oxygen atoms in total. The van der Waals surface area contributed by atoms with Crippen molar-refractivity contribution in [1.29, 1.82) is 0 Å². The predicted octanol–water partition coefficient (Wildman–Crippen LogP) is -0.775. The van der Waals surface area contributed by atoms with Crippen LogP contribution in [0.3, 0.4) is 0 Å². The van der Waals surface area contributed by atoms with Crippen molar-refractivity contribution in [2.45, 2.75) is 19.3 Å². The molecule has 2 N–H and O–H groups in total. The molecule has 2 aliphatic rings. The van der Waals surface area contributed by atoms with Gasteiger partial charge in [-0.2, -0.15) is 10.1 Å². The largest absolute Gasteiger partial charge is 0.354 e. The molecule has 2 aromatic rings. The first-order valence-electron chi connectivity index (χ1n) is 9.75. The molecule has 29 heavy (non-hydrogen) atoms. The van der Waals surface area contributed by atoms with Gasteiger partial charge < -0.3 is 15.1 Å². The SMILES string of the molecule is Cn1ncc2c(=O)[nH]c(N3CCNC(=O)CCN(C(=O)C#CC4CC4)CC3)nc21. The monoisotopic (exact) mass is 397 g/mol. The van der Waals surface area contributed by atoms with Crippen molar-refractivity contribution >= 4 is 28.8 Å². The Hall–Kier alpha value is -3.35. The molecule has 0 bridgehead atoms. The summed E-state index contributed by atoms with van der Waals surface area (Å²) >= 11 is 0. The second-order valence-electron chi connectivity index (χ2n) is 7.32. The van der Waals surface area contributed by atoms with E-state index in [4.69, 9.17) is 0 Å². The average Bonchev–Trinajstić information content (AvgIpc) is 3.46. The van der Waals surface area contributed by atoms with Crippen LogP contribution in [0.25, 0.3) is 11.0 Å². The molecule has 2 aromatic heterocycles. The minimum absolute atomic E-state index is 0.122. The summed E-state index contributed by atoms with van der Waals surface area (Å²) < 4.78 is 1.54. The van der Waals surface area contributed by atoms with E-state index in [2.05, 4.69) is 32.2 Å². The number of hydrogen-bond donors (Lipinski definition) is 2. The molecule has 4 rings (SSSR count). The Morgan fingerprint density at radius 2 is 2.03 bits per heavy atom.